The van der Waals surface area contributed by atoms with Gasteiger partial charge in [-0.15, -0.1) is 11.3 Å². The molecule has 144 valence electrons. The summed E-state index contributed by atoms with van der Waals surface area (Å²) in [6.45, 7) is 5.93. The van der Waals surface area contributed by atoms with E-state index >= 15 is 0 Å². The smallest absolute Gasteiger partial charge is 0.143 e. The number of nitrogens with one attached hydrogen (secondary N) is 1. The van der Waals surface area contributed by atoms with Gasteiger partial charge in [0, 0.05) is 53.0 Å². The number of aromatic nitrogens is 1. The van der Waals surface area contributed by atoms with Crippen LogP contribution < -0.4 is 10.2 Å². The zero-order valence-electron chi connectivity index (χ0n) is 15.2. The molecule has 0 saturated carbocycles. The second-order valence-electron chi connectivity index (χ2n) is 7.13. The first-order valence-electron chi connectivity index (χ1n) is 9.43. The second-order valence-corrected chi connectivity index (χ2v) is 9.05. The molecule has 2 aliphatic rings. The Kier molecular flexibility index (Phi) is 6.22. The fourth-order valence-electron chi connectivity index (χ4n) is 3.74. The Hall–Kier alpha value is -1.28. The molecular formula is C20H24BrFN4S. The minimum Gasteiger partial charge on any atom is -0.365 e. The third-order valence-corrected chi connectivity index (χ3v) is 6.96. The number of pyridine rings is 1. The number of halogens is 2. The van der Waals surface area contributed by atoms with Crippen molar-refractivity contribution in [1.29, 1.82) is 0 Å². The van der Waals surface area contributed by atoms with Gasteiger partial charge >= 0.3 is 0 Å². The van der Waals surface area contributed by atoms with Crippen molar-refractivity contribution in [2.45, 2.75) is 25.4 Å². The van der Waals surface area contributed by atoms with E-state index in [4.69, 9.17) is 0 Å². The Morgan fingerprint density at radius 2 is 2.11 bits per heavy atom. The van der Waals surface area contributed by atoms with Gasteiger partial charge in [-0.3, -0.25) is 4.98 Å². The average Bonchev–Trinajstić information content (AvgIpc) is 3.11. The lowest BCUT2D eigenvalue weighted by atomic mass is 10.0. The van der Waals surface area contributed by atoms with Gasteiger partial charge < -0.3 is 15.1 Å². The first-order chi connectivity index (χ1) is 13.2. The van der Waals surface area contributed by atoms with Crippen LogP contribution in [0.25, 0.3) is 6.08 Å². The molecule has 0 bridgehead atoms. The fraction of sp³-hybridized carbons (Fsp3) is 0.450. The summed E-state index contributed by atoms with van der Waals surface area (Å²) in [6.07, 6.45) is 7.73. The molecule has 1 saturated heterocycles. The van der Waals surface area contributed by atoms with Crippen LogP contribution in [0, 0.1) is 5.82 Å². The molecule has 1 fully saturated rings. The van der Waals surface area contributed by atoms with E-state index in [9.17, 15) is 4.39 Å². The van der Waals surface area contributed by atoms with Gasteiger partial charge in [-0.05, 0) is 54.0 Å². The number of piperidine rings is 1. The number of rotatable bonds is 6. The minimum absolute atomic E-state index is 0.265. The predicted octanol–water partition coefficient (Wildman–Crippen LogP) is 4.13. The number of anilines is 1. The number of hydrogen-bond donors (Lipinski definition) is 1. The summed E-state index contributed by atoms with van der Waals surface area (Å²) in [6, 6.07) is 4.39. The molecule has 0 atom stereocenters. The van der Waals surface area contributed by atoms with Crippen molar-refractivity contribution in [3.8, 4) is 0 Å². The van der Waals surface area contributed by atoms with Crippen LogP contribution in [-0.2, 0) is 6.54 Å². The summed E-state index contributed by atoms with van der Waals surface area (Å²) in [4.78, 5) is 10.3. The van der Waals surface area contributed by atoms with Crippen molar-refractivity contribution >= 4 is 39.0 Å². The Labute approximate surface area is 172 Å². The maximum atomic E-state index is 13.6. The van der Waals surface area contributed by atoms with Gasteiger partial charge in [0.1, 0.15) is 5.82 Å². The highest BCUT2D eigenvalue weighted by Crippen LogP contribution is 2.25. The lowest BCUT2D eigenvalue weighted by molar-refractivity contribution is 0.201. The van der Waals surface area contributed by atoms with Gasteiger partial charge in [0.05, 0.1) is 17.6 Å². The van der Waals surface area contributed by atoms with Crippen molar-refractivity contribution in [2.24, 2.45) is 0 Å². The van der Waals surface area contributed by atoms with Crippen LogP contribution in [0.1, 0.15) is 23.4 Å². The van der Waals surface area contributed by atoms with E-state index < -0.39 is 0 Å². The van der Waals surface area contributed by atoms with Crippen LogP contribution >= 0.6 is 27.3 Å². The molecule has 27 heavy (non-hydrogen) atoms. The average molecular weight is 451 g/mol. The number of nitrogens with zero attached hydrogens (tertiary/aromatic N) is 3. The van der Waals surface area contributed by atoms with Crippen molar-refractivity contribution in [2.75, 3.05) is 37.6 Å². The quantitative estimate of drug-likeness (QED) is 0.716. The molecule has 0 aliphatic carbocycles. The third-order valence-electron chi connectivity index (χ3n) is 5.27. The lowest BCUT2D eigenvalue weighted by Gasteiger charge is -2.35. The van der Waals surface area contributed by atoms with Gasteiger partial charge in [-0.2, -0.15) is 0 Å². The first kappa shape index (κ1) is 19.1. The van der Waals surface area contributed by atoms with E-state index in [-0.39, 0.29) is 5.82 Å². The van der Waals surface area contributed by atoms with Gasteiger partial charge in [0.2, 0.25) is 0 Å². The molecule has 0 radical (unpaired) electrons. The van der Waals surface area contributed by atoms with Crippen LogP contribution in [0.3, 0.4) is 0 Å². The summed E-state index contributed by atoms with van der Waals surface area (Å²) in [5.41, 5.74) is 1.78. The minimum atomic E-state index is -0.265. The van der Waals surface area contributed by atoms with E-state index in [1.165, 1.54) is 28.4 Å². The highest BCUT2D eigenvalue weighted by molar-refractivity contribution is 9.10. The molecule has 0 unspecified atom stereocenters. The molecule has 2 aromatic heterocycles. The SMILES string of the molecule is Fc1cnc2c(c1)N(CCN1CCC(NCc3cc(Br)cs3)CC1)CC=C2. The third kappa shape index (κ3) is 4.96. The Morgan fingerprint density at radius 3 is 2.89 bits per heavy atom. The topological polar surface area (TPSA) is 31.4 Å². The zero-order valence-corrected chi connectivity index (χ0v) is 17.6. The number of thiophene rings is 1. The molecule has 0 spiro atoms. The highest BCUT2D eigenvalue weighted by atomic mass is 79.9. The van der Waals surface area contributed by atoms with Crippen LogP contribution in [0.2, 0.25) is 0 Å². The molecule has 0 amide bonds. The number of hydrogen-bond acceptors (Lipinski definition) is 5. The molecular weight excluding hydrogens is 427 g/mol. The van der Waals surface area contributed by atoms with Gasteiger partial charge in [-0.25, -0.2) is 4.39 Å². The maximum absolute atomic E-state index is 13.6. The zero-order chi connectivity index (χ0) is 18.6. The standard InChI is InChI=1S/C20H24BrFN4S/c21-15-10-18(27-14-15)13-23-17-3-6-25(7-4-17)8-9-26-5-1-2-19-20(26)11-16(22)12-24-19/h1-2,10-12,14,17,23H,3-9,13H2. The lowest BCUT2D eigenvalue weighted by Crippen LogP contribution is -2.45. The molecule has 2 aliphatic heterocycles. The largest absolute Gasteiger partial charge is 0.365 e. The van der Waals surface area contributed by atoms with E-state index in [1.54, 1.807) is 17.4 Å². The number of likely N-dealkylation sites (tertiary alicyclic amines) is 1. The summed E-state index contributed by atoms with van der Waals surface area (Å²) in [7, 11) is 0. The maximum Gasteiger partial charge on any atom is 0.143 e. The fourth-order valence-corrected chi connectivity index (χ4v) is 5.14. The Morgan fingerprint density at radius 1 is 1.26 bits per heavy atom. The molecule has 1 N–H and O–H groups in total. The van der Waals surface area contributed by atoms with E-state index in [0.717, 1.165) is 50.6 Å². The molecule has 0 aromatic carbocycles. The van der Waals surface area contributed by atoms with Crippen molar-refractivity contribution in [3.05, 3.63) is 50.6 Å². The van der Waals surface area contributed by atoms with Gasteiger partial charge in [-0.1, -0.05) is 6.08 Å². The van der Waals surface area contributed by atoms with E-state index in [2.05, 4.69) is 53.6 Å². The summed E-state index contributed by atoms with van der Waals surface area (Å²) < 4.78 is 14.7. The Balaban J connectivity index is 1.22. The van der Waals surface area contributed by atoms with Crippen LogP contribution in [0.4, 0.5) is 10.1 Å². The molecule has 4 rings (SSSR count). The molecule has 4 heterocycles. The number of fused-ring (bicyclic) bond motifs is 1. The van der Waals surface area contributed by atoms with Crippen LogP contribution in [-0.4, -0.2) is 48.6 Å². The van der Waals surface area contributed by atoms with E-state index in [0.29, 0.717) is 6.04 Å². The monoisotopic (exact) mass is 450 g/mol. The predicted molar refractivity (Wildman–Crippen MR) is 114 cm³/mol. The van der Waals surface area contributed by atoms with Gasteiger partial charge in [0.25, 0.3) is 0 Å². The summed E-state index contributed by atoms with van der Waals surface area (Å²) >= 11 is 5.31. The summed E-state index contributed by atoms with van der Waals surface area (Å²) in [5, 5.41) is 5.82. The second kappa shape index (κ2) is 8.82. The van der Waals surface area contributed by atoms with Crippen LogP contribution in [0.15, 0.2) is 34.3 Å². The first-order valence-corrected chi connectivity index (χ1v) is 11.1. The van der Waals surface area contributed by atoms with Crippen molar-refractivity contribution in [1.82, 2.24) is 15.2 Å². The van der Waals surface area contributed by atoms with E-state index in [1.807, 2.05) is 6.08 Å². The Bertz CT molecular complexity index is 801. The normalized spacial score (nSPS) is 18.1. The van der Waals surface area contributed by atoms with Crippen LogP contribution in [0.5, 0.6) is 0 Å². The van der Waals surface area contributed by atoms with Gasteiger partial charge in [0.15, 0.2) is 0 Å². The molecule has 7 heteroatoms. The summed E-state index contributed by atoms with van der Waals surface area (Å²) in [5.74, 6) is -0.265. The molecule has 2 aromatic rings. The van der Waals surface area contributed by atoms with Crippen molar-refractivity contribution < 1.29 is 4.39 Å². The molecule has 4 nitrogen and oxygen atoms in total. The van der Waals surface area contributed by atoms with Crippen molar-refractivity contribution in [3.63, 3.8) is 0 Å². The highest BCUT2D eigenvalue weighted by Gasteiger charge is 2.21.